The molecule has 6 nitrogen and oxygen atoms in total. The number of thiophene rings is 1. The number of hydrogen-bond acceptors (Lipinski definition) is 5. The Morgan fingerprint density at radius 1 is 1.31 bits per heavy atom. The van der Waals surface area contributed by atoms with Gasteiger partial charge in [-0.15, -0.1) is 11.3 Å². The maximum Gasteiger partial charge on any atom is 0.291 e. The quantitative estimate of drug-likeness (QED) is 0.867. The first-order valence-corrected chi connectivity index (χ1v) is 9.83. The third kappa shape index (κ3) is 3.29. The number of nitrogens with zero attached hydrogens (tertiary/aromatic N) is 1. The van der Waals surface area contributed by atoms with Gasteiger partial charge in [-0.3, -0.25) is 9.59 Å². The molecule has 2 aliphatic rings. The Morgan fingerprint density at radius 2 is 2.12 bits per heavy atom. The summed E-state index contributed by atoms with van der Waals surface area (Å²) in [5.41, 5.74) is 1.29. The van der Waals surface area contributed by atoms with Crippen molar-refractivity contribution in [3.05, 3.63) is 40.7 Å². The highest BCUT2D eigenvalue weighted by Crippen LogP contribution is 2.38. The fraction of sp³-hybridized carbons (Fsp3) is 0.474. The predicted octanol–water partition coefficient (Wildman–Crippen LogP) is 3.12. The lowest BCUT2D eigenvalue weighted by atomic mass is 9.78. The molecule has 2 fully saturated rings. The van der Waals surface area contributed by atoms with Gasteiger partial charge in [-0.25, -0.2) is 0 Å². The van der Waals surface area contributed by atoms with Crippen LogP contribution in [0.3, 0.4) is 0 Å². The first kappa shape index (κ1) is 17.3. The third-order valence-electron chi connectivity index (χ3n) is 5.54. The minimum Gasteiger partial charge on any atom is -0.459 e. The number of nitrogens with one attached hydrogen (secondary N) is 2. The number of amides is 2. The molecule has 2 amide bonds. The highest BCUT2D eigenvalue weighted by molar-refractivity contribution is 7.18. The summed E-state index contributed by atoms with van der Waals surface area (Å²) in [6.07, 6.45) is 4.82. The fourth-order valence-electron chi connectivity index (χ4n) is 3.89. The second kappa shape index (κ2) is 6.89. The van der Waals surface area contributed by atoms with Crippen molar-refractivity contribution < 1.29 is 14.0 Å². The molecular weight excluding hydrogens is 350 g/mol. The number of aryl methyl sites for hydroxylation is 1. The Bertz CT molecular complexity index is 796. The number of carbonyl (C=O) groups is 2. The molecule has 138 valence electrons. The van der Waals surface area contributed by atoms with Gasteiger partial charge < -0.3 is 20.0 Å². The summed E-state index contributed by atoms with van der Waals surface area (Å²) in [6, 6.07) is 5.14. The first-order chi connectivity index (χ1) is 12.6. The largest absolute Gasteiger partial charge is 0.459 e. The van der Waals surface area contributed by atoms with Crippen LogP contribution < -0.4 is 10.6 Å². The van der Waals surface area contributed by atoms with Crippen LogP contribution >= 0.6 is 11.3 Å². The summed E-state index contributed by atoms with van der Waals surface area (Å²) >= 11 is 1.33. The molecule has 0 atom stereocenters. The van der Waals surface area contributed by atoms with Crippen LogP contribution in [-0.2, 0) is 0 Å². The molecular formula is C19H23N3O3S. The third-order valence-corrected chi connectivity index (χ3v) is 6.68. The Balaban J connectivity index is 1.42. The Morgan fingerprint density at radius 3 is 2.77 bits per heavy atom. The predicted molar refractivity (Wildman–Crippen MR) is 101 cm³/mol. The highest BCUT2D eigenvalue weighted by Gasteiger charge is 2.38. The van der Waals surface area contributed by atoms with Crippen molar-refractivity contribution >= 4 is 28.2 Å². The van der Waals surface area contributed by atoms with Crippen molar-refractivity contribution in [3.63, 3.8) is 0 Å². The second-order valence-electron chi connectivity index (χ2n) is 7.27. The average Bonchev–Trinajstić information content (AvgIpc) is 3.37. The van der Waals surface area contributed by atoms with Crippen molar-refractivity contribution in [3.8, 4) is 0 Å². The number of furan rings is 1. The van der Waals surface area contributed by atoms with Gasteiger partial charge >= 0.3 is 0 Å². The summed E-state index contributed by atoms with van der Waals surface area (Å²) in [5, 5.41) is 6.93. The molecule has 0 aromatic carbocycles. The molecule has 1 spiro atoms. The van der Waals surface area contributed by atoms with Crippen LogP contribution in [0.5, 0.6) is 0 Å². The van der Waals surface area contributed by atoms with E-state index in [4.69, 9.17) is 4.42 Å². The number of piperidine rings is 1. The van der Waals surface area contributed by atoms with E-state index >= 15 is 0 Å². The summed E-state index contributed by atoms with van der Waals surface area (Å²) in [5.74, 6) is 0.0335. The normalized spacial score (nSPS) is 19.0. The van der Waals surface area contributed by atoms with Gasteiger partial charge in [-0.2, -0.15) is 0 Å². The smallest absolute Gasteiger partial charge is 0.291 e. The molecule has 2 saturated heterocycles. The van der Waals surface area contributed by atoms with Crippen molar-refractivity contribution in [1.82, 2.24) is 10.2 Å². The summed E-state index contributed by atoms with van der Waals surface area (Å²) in [7, 11) is 0. The zero-order chi connectivity index (χ0) is 18.1. The Kier molecular flexibility index (Phi) is 4.58. The van der Waals surface area contributed by atoms with Crippen LogP contribution in [0.2, 0.25) is 0 Å². The van der Waals surface area contributed by atoms with Crippen molar-refractivity contribution in [1.29, 1.82) is 0 Å². The lowest BCUT2D eigenvalue weighted by Gasteiger charge is -2.38. The monoisotopic (exact) mass is 373 g/mol. The van der Waals surface area contributed by atoms with Crippen molar-refractivity contribution in [2.75, 3.05) is 31.5 Å². The van der Waals surface area contributed by atoms with Crippen LogP contribution in [-0.4, -0.2) is 42.9 Å². The molecule has 2 aliphatic heterocycles. The number of hydrogen-bond donors (Lipinski definition) is 2. The van der Waals surface area contributed by atoms with E-state index in [9.17, 15) is 9.59 Å². The molecule has 2 N–H and O–H groups in total. The lowest BCUT2D eigenvalue weighted by molar-refractivity contribution is 0.0611. The van der Waals surface area contributed by atoms with E-state index in [0.717, 1.165) is 44.6 Å². The van der Waals surface area contributed by atoms with Gasteiger partial charge in [0.1, 0.15) is 0 Å². The van der Waals surface area contributed by atoms with E-state index in [1.54, 1.807) is 12.1 Å². The SMILES string of the molecule is Cc1cc(NC(=O)c2ccco2)sc1C(=O)N1CCC2(CCNC2)CC1. The summed E-state index contributed by atoms with van der Waals surface area (Å²) in [4.78, 5) is 27.7. The van der Waals surface area contributed by atoms with Crippen molar-refractivity contribution in [2.45, 2.75) is 26.2 Å². The molecule has 0 unspecified atom stereocenters. The maximum absolute atomic E-state index is 12.9. The zero-order valence-electron chi connectivity index (χ0n) is 14.8. The topological polar surface area (TPSA) is 74.6 Å². The van der Waals surface area contributed by atoms with E-state index in [2.05, 4.69) is 10.6 Å². The van der Waals surface area contributed by atoms with Gasteiger partial charge in [0.2, 0.25) is 0 Å². The van der Waals surface area contributed by atoms with Gasteiger partial charge in [0.25, 0.3) is 11.8 Å². The summed E-state index contributed by atoms with van der Waals surface area (Å²) < 4.78 is 5.11. The fourth-order valence-corrected chi connectivity index (χ4v) is 4.92. The zero-order valence-corrected chi connectivity index (χ0v) is 15.7. The minimum absolute atomic E-state index is 0.0757. The van der Waals surface area contributed by atoms with Gasteiger partial charge in [0.15, 0.2) is 5.76 Å². The van der Waals surface area contributed by atoms with E-state index in [1.165, 1.54) is 24.0 Å². The van der Waals surface area contributed by atoms with E-state index in [0.29, 0.717) is 15.3 Å². The van der Waals surface area contributed by atoms with E-state index in [1.807, 2.05) is 17.9 Å². The highest BCUT2D eigenvalue weighted by atomic mass is 32.1. The molecule has 2 aromatic heterocycles. The van der Waals surface area contributed by atoms with Gasteiger partial charge in [-0.05, 0) is 61.9 Å². The molecule has 0 saturated carbocycles. The average molecular weight is 373 g/mol. The molecule has 4 heterocycles. The number of carbonyl (C=O) groups excluding carboxylic acids is 2. The molecule has 2 aromatic rings. The minimum atomic E-state index is -0.302. The summed E-state index contributed by atoms with van der Waals surface area (Å²) in [6.45, 7) is 5.71. The first-order valence-electron chi connectivity index (χ1n) is 9.02. The molecule has 0 aliphatic carbocycles. The van der Waals surface area contributed by atoms with Crippen LogP contribution in [0.1, 0.15) is 45.1 Å². The Labute approximate surface area is 156 Å². The standard InChI is InChI=1S/C19H23N3O3S/c1-13-11-15(21-17(23)14-3-2-10-25-14)26-16(13)18(24)22-8-5-19(6-9-22)4-7-20-12-19/h2-3,10-11,20H,4-9,12H2,1H3,(H,21,23). The van der Waals surface area contributed by atoms with Crippen molar-refractivity contribution in [2.24, 2.45) is 5.41 Å². The molecule has 0 radical (unpaired) electrons. The molecule has 4 rings (SSSR count). The van der Waals surface area contributed by atoms with E-state index < -0.39 is 0 Å². The van der Waals surface area contributed by atoms with Gasteiger partial charge in [-0.1, -0.05) is 0 Å². The van der Waals surface area contributed by atoms with Crippen LogP contribution in [0.25, 0.3) is 0 Å². The number of likely N-dealkylation sites (tertiary alicyclic amines) is 1. The van der Waals surface area contributed by atoms with Gasteiger partial charge in [0.05, 0.1) is 16.1 Å². The molecule has 26 heavy (non-hydrogen) atoms. The van der Waals surface area contributed by atoms with E-state index in [-0.39, 0.29) is 17.6 Å². The number of rotatable bonds is 3. The van der Waals surface area contributed by atoms with Gasteiger partial charge in [0, 0.05) is 19.6 Å². The molecule has 0 bridgehead atoms. The lowest BCUT2D eigenvalue weighted by Crippen LogP contribution is -2.43. The Hall–Kier alpha value is -2.12. The van der Waals surface area contributed by atoms with Crippen LogP contribution in [0.4, 0.5) is 5.00 Å². The van der Waals surface area contributed by atoms with Crippen LogP contribution in [0.15, 0.2) is 28.9 Å². The van der Waals surface area contributed by atoms with Crippen LogP contribution in [0, 0.1) is 12.3 Å². The maximum atomic E-state index is 12.9. The molecule has 7 heteroatoms. The second-order valence-corrected chi connectivity index (χ2v) is 8.33. The number of anilines is 1.